The monoisotopic (exact) mass is 739 g/mol. The summed E-state index contributed by atoms with van der Waals surface area (Å²) in [6.45, 7) is 2.09. The number of anilines is 1. The number of pyridine rings is 1. The standard InChI is InChI=1S/C37H36Cl2FN3O8/c1-49-32-9-6-22(14-33(32)50-2)26(16-27-28(38)18-42(48)19-29(27)39)35-23(4-3-5-25(35)36(45)46)17-43(31-8-7-24(44)15-30(31)40)37(47)51-34-20-41-12-10-21(34)11-13-41/h3-9,14-15,18-19,21,26,34,44H,10-13,16-17,20H2,1-2H3,(H,45,46)/t26-,34-/m0/s1. The maximum atomic E-state index is 15.6. The van der Waals surface area contributed by atoms with Crippen molar-refractivity contribution < 1.29 is 43.1 Å². The Morgan fingerprint density at radius 1 is 1.04 bits per heavy atom. The minimum Gasteiger partial charge on any atom is -0.619 e. The molecule has 3 aliphatic heterocycles. The lowest BCUT2D eigenvalue weighted by molar-refractivity contribution is -0.605. The molecule has 14 heteroatoms. The van der Waals surface area contributed by atoms with Gasteiger partial charge in [0, 0.05) is 24.1 Å². The smallest absolute Gasteiger partial charge is 0.415 e. The van der Waals surface area contributed by atoms with Crippen LogP contribution in [0.2, 0.25) is 10.0 Å². The van der Waals surface area contributed by atoms with Crippen LogP contribution >= 0.6 is 23.2 Å². The molecule has 0 spiro atoms. The summed E-state index contributed by atoms with van der Waals surface area (Å²) in [5.41, 5.74) is 1.33. The Labute approximate surface area is 303 Å². The van der Waals surface area contributed by atoms with E-state index in [1.165, 1.54) is 32.4 Å². The van der Waals surface area contributed by atoms with E-state index in [1.54, 1.807) is 30.3 Å². The van der Waals surface area contributed by atoms with E-state index in [0.717, 1.165) is 49.3 Å². The number of hydrogen-bond acceptors (Lipinski definition) is 8. The number of fused-ring (bicyclic) bond motifs is 3. The number of aromatic hydroxyl groups is 1. The number of benzene rings is 3. The summed E-state index contributed by atoms with van der Waals surface area (Å²) >= 11 is 13.1. The lowest BCUT2D eigenvalue weighted by Gasteiger charge is -2.44. The maximum absolute atomic E-state index is 15.6. The van der Waals surface area contributed by atoms with E-state index in [0.29, 0.717) is 39.5 Å². The third kappa shape index (κ3) is 7.63. The van der Waals surface area contributed by atoms with Crippen molar-refractivity contribution >= 4 is 41.0 Å². The molecule has 51 heavy (non-hydrogen) atoms. The van der Waals surface area contributed by atoms with Gasteiger partial charge < -0.3 is 29.6 Å². The second kappa shape index (κ2) is 15.2. The predicted octanol–water partition coefficient (Wildman–Crippen LogP) is 6.80. The molecule has 0 unspecified atom stereocenters. The van der Waals surface area contributed by atoms with Crippen LogP contribution in [0.4, 0.5) is 14.9 Å². The number of nitrogens with zero attached hydrogens (tertiary/aromatic N) is 3. The number of hydrogen-bond donors (Lipinski definition) is 2. The van der Waals surface area contributed by atoms with Crippen molar-refractivity contribution in [2.75, 3.05) is 38.8 Å². The summed E-state index contributed by atoms with van der Waals surface area (Å²) in [5, 5.41) is 32.8. The zero-order valence-corrected chi connectivity index (χ0v) is 29.4. The number of piperidine rings is 3. The lowest BCUT2D eigenvalue weighted by Crippen LogP contribution is -2.53. The number of phenols is 1. The van der Waals surface area contributed by atoms with Crippen molar-refractivity contribution in [3.63, 3.8) is 0 Å². The molecule has 11 nitrogen and oxygen atoms in total. The van der Waals surface area contributed by atoms with Gasteiger partial charge in [-0.05, 0) is 85.3 Å². The van der Waals surface area contributed by atoms with Gasteiger partial charge in [0.05, 0.1) is 32.0 Å². The Bertz CT molecular complexity index is 1930. The average Bonchev–Trinajstić information content (AvgIpc) is 3.11. The molecular weight excluding hydrogens is 704 g/mol. The summed E-state index contributed by atoms with van der Waals surface area (Å²) in [6.07, 6.45) is 2.85. The van der Waals surface area contributed by atoms with Crippen molar-refractivity contribution in [3.8, 4) is 17.2 Å². The molecule has 2 atom stereocenters. The van der Waals surface area contributed by atoms with Gasteiger partial charge >= 0.3 is 12.1 Å². The van der Waals surface area contributed by atoms with Crippen LogP contribution in [0.25, 0.3) is 0 Å². The van der Waals surface area contributed by atoms with E-state index in [4.69, 9.17) is 37.4 Å². The van der Waals surface area contributed by atoms with Gasteiger partial charge in [-0.1, -0.05) is 41.4 Å². The number of ether oxygens (including phenoxy) is 3. The van der Waals surface area contributed by atoms with Gasteiger partial charge in [-0.15, -0.1) is 0 Å². The number of carbonyl (C=O) groups is 2. The summed E-state index contributed by atoms with van der Waals surface area (Å²) in [7, 11) is 2.95. The SMILES string of the molecule is COc1ccc([C@H](Cc2c(Cl)c[n+]([O-])cc2Cl)c2c(CN(C(=O)O[C@H]3CN4CCC3CC4)c3ccc(O)cc3F)cccc2C(=O)O)cc1OC. The van der Waals surface area contributed by atoms with Crippen LogP contribution < -0.4 is 19.1 Å². The first-order valence-electron chi connectivity index (χ1n) is 16.3. The highest BCUT2D eigenvalue weighted by Crippen LogP contribution is 2.41. The fourth-order valence-corrected chi connectivity index (χ4v) is 7.70. The topological polar surface area (TPSA) is 136 Å². The minimum absolute atomic E-state index is 0.0168. The Morgan fingerprint density at radius 2 is 1.75 bits per heavy atom. The fourth-order valence-electron chi connectivity index (χ4n) is 7.11. The van der Waals surface area contributed by atoms with Gasteiger partial charge in [-0.3, -0.25) is 9.80 Å². The molecule has 3 aromatic carbocycles. The van der Waals surface area contributed by atoms with Gasteiger partial charge in [0.2, 0.25) is 0 Å². The molecule has 7 rings (SSSR count). The molecule has 0 saturated carbocycles. The first-order chi connectivity index (χ1) is 24.5. The Hall–Kier alpha value is -4.78. The predicted molar refractivity (Wildman–Crippen MR) is 188 cm³/mol. The van der Waals surface area contributed by atoms with E-state index in [2.05, 4.69) is 4.90 Å². The van der Waals surface area contributed by atoms with Gasteiger partial charge in [-0.25, -0.2) is 14.0 Å². The number of halogens is 3. The van der Waals surface area contributed by atoms with E-state index in [9.17, 15) is 25.0 Å². The first kappa shape index (κ1) is 36.0. The average molecular weight is 741 g/mol. The number of carbonyl (C=O) groups excluding carboxylic acids is 1. The quantitative estimate of drug-likeness (QED) is 0.126. The van der Waals surface area contributed by atoms with Crippen molar-refractivity contribution in [2.24, 2.45) is 5.92 Å². The van der Waals surface area contributed by atoms with Crippen LogP contribution in [0, 0.1) is 16.9 Å². The number of carboxylic acids is 1. The molecule has 3 saturated heterocycles. The second-order valence-corrected chi connectivity index (χ2v) is 13.4. The third-order valence-corrected chi connectivity index (χ3v) is 10.3. The van der Waals surface area contributed by atoms with Crippen LogP contribution in [0.5, 0.6) is 17.2 Å². The zero-order valence-electron chi connectivity index (χ0n) is 27.9. The largest absolute Gasteiger partial charge is 0.619 e. The van der Waals surface area contributed by atoms with Crippen LogP contribution in [0.1, 0.15) is 51.4 Å². The molecule has 268 valence electrons. The highest BCUT2D eigenvalue weighted by atomic mass is 35.5. The number of carboxylic acid groups (broad SMARTS) is 1. The molecule has 4 aromatic rings. The van der Waals surface area contributed by atoms with E-state index in [-0.39, 0.29) is 51.5 Å². The molecule has 1 aromatic heterocycles. The Kier molecular flexibility index (Phi) is 10.8. The molecule has 0 aliphatic carbocycles. The van der Waals surface area contributed by atoms with Crippen LogP contribution in [0.15, 0.2) is 67.0 Å². The highest BCUT2D eigenvalue weighted by molar-refractivity contribution is 6.35. The summed E-state index contributed by atoms with van der Waals surface area (Å²) < 4.78 is 33.2. The van der Waals surface area contributed by atoms with E-state index >= 15 is 4.39 Å². The van der Waals surface area contributed by atoms with Crippen molar-refractivity contribution in [2.45, 2.75) is 37.8 Å². The Morgan fingerprint density at radius 3 is 2.35 bits per heavy atom. The second-order valence-electron chi connectivity index (χ2n) is 12.6. The number of aromatic nitrogens is 1. The van der Waals surface area contributed by atoms with Gasteiger partial charge in [0.1, 0.15) is 21.9 Å². The summed E-state index contributed by atoms with van der Waals surface area (Å²) in [4.78, 5) is 30.4. The highest BCUT2D eigenvalue weighted by Gasteiger charge is 2.38. The zero-order chi connectivity index (χ0) is 36.4. The van der Waals surface area contributed by atoms with Crippen molar-refractivity contribution in [1.82, 2.24) is 4.90 Å². The van der Waals surface area contributed by atoms with Gasteiger partial charge in [-0.2, -0.15) is 4.73 Å². The number of rotatable bonds is 11. The van der Waals surface area contributed by atoms with Crippen LogP contribution in [-0.4, -0.2) is 67.1 Å². The number of phenolic OH excluding ortho intramolecular Hbond substituents is 1. The maximum Gasteiger partial charge on any atom is 0.415 e. The molecule has 0 radical (unpaired) electrons. The van der Waals surface area contributed by atoms with Crippen LogP contribution in [-0.2, 0) is 17.7 Å². The van der Waals surface area contributed by atoms with Crippen molar-refractivity contribution in [3.05, 3.63) is 116 Å². The molecule has 3 aliphatic rings. The summed E-state index contributed by atoms with van der Waals surface area (Å²) in [6, 6.07) is 13.2. The van der Waals surface area contributed by atoms with Crippen LogP contribution in [0.3, 0.4) is 0 Å². The fraction of sp³-hybridized carbons (Fsp3) is 0.324. The third-order valence-electron chi connectivity index (χ3n) is 9.67. The molecule has 3 fully saturated rings. The van der Waals surface area contributed by atoms with Crippen molar-refractivity contribution in [1.29, 1.82) is 0 Å². The Balaban J connectivity index is 1.50. The minimum atomic E-state index is -1.25. The molecule has 1 amide bonds. The lowest BCUT2D eigenvalue weighted by atomic mass is 9.80. The molecule has 4 heterocycles. The number of amides is 1. The summed E-state index contributed by atoms with van der Waals surface area (Å²) in [5.74, 6) is -2.31. The first-order valence-corrected chi connectivity index (χ1v) is 17.1. The molecule has 2 N–H and O–H groups in total. The normalized spacial score (nSPS) is 18.6. The van der Waals surface area contributed by atoms with Gasteiger partial charge in [0.25, 0.3) is 0 Å². The van der Waals surface area contributed by atoms with E-state index < -0.39 is 29.9 Å². The number of methoxy groups -OCH3 is 2. The molecular formula is C37H36Cl2FN3O8. The molecule has 2 bridgehead atoms. The van der Waals surface area contributed by atoms with Gasteiger partial charge in [0.15, 0.2) is 29.7 Å². The van der Waals surface area contributed by atoms with E-state index in [1.807, 2.05) is 0 Å². The number of aromatic carboxylic acids is 1.